The molecule has 0 aliphatic heterocycles. The molecular formula is C16H13Cl2N3O3. The van der Waals surface area contributed by atoms with Gasteiger partial charge in [-0.15, -0.1) is 0 Å². The van der Waals surface area contributed by atoms with Crippen molar-refractivity contribution in [3.05, 3.63) is 58.1 Å². The van der Waals surface area contributed by atoms with E-state index in [9.17, 15) is 9.59 Å². The van der Waals surface area contributed by atoms with E-state index in [1.807, 2.05) is 0 Å². The highest BCUT2D eigenvalue weighted by atomic mass is 35.5. The van der Waals surface area contributed by atoms with Crippen molar-refractivity contribution in [3.8, 4) is 5.75 Å². The topological polar surface area (TPSA) is 79.8 Å². The SMILES string of the molecule is COc1ccccc1NC(=O)C(=O)N/N=C\c1c(Cl)cccc1Cl. The number of benzene rings is 2. The maximum absolute atomic E-state index is 11.9. The van der Waals surface area contributed by atoms with E-state index in [2.05, 4.69) is 15.8 Å². The van der Waals surface area contributed by atoms with Crippen molar-refractivity contribution in [1.29, 1.82) is 0 Å². The van der Waals surface area contributed by atoms with Crippen LogP contribution in [0.25, 0.3) is 0 Å². The molecule has 0 aliphatic carbocycles. The van der Waals surface area contributed by atoms with Gasteiger partial charge in [0.2, 0.25) is 0 Å². The number of amides is 2. The van der Waals surface area contributed by atoms with Crippen molar-refractivity contribution in [1.82, 2.24) is 5.43 Å². The first-order valence-electron chi connectivity index (χ1n) is 6.74. The minimum atomic E-state index is -0.944. The minimum Gasteiger partial charge on any atom is -0.495 e. The van der Waals surface area contributed by atoms with E-state index in [1.165, 1.54) is 13.3 Å². The van der Waals surface area contributed by atoms with Gasteiger partial charge < -0.3 is 10.1 Å². The number of ether oxygens (including phenoxy) is 1. The highest BCUT2D eigenvalue weighted by Crippen LogP contribution is 2.23. The third-order valence-electron chi connectivity index (χ3n) is 2.92. The summed E-state index contributed by atoms with van der Waals surface area (Å²) in [5, 5.41) is 6.86. The predicted molar refractivity (Wildman–Crippen MR) is 93.8 cm³/mol. The Kier molecular flexibility index (Phi) is 6.17. The monoisotopic (exact) mass is 365 g/mol. The van der Waals surface area contributed by atoms with Crippen LogP contribution >= 0.6 is 23.2 Å². The Labute approximate surface area is 148 Å². The quantitative estimate of drug-likeness (QED) is 0.496. The number of rotatable bonds is 4. The Hall–Kier alpha value is -2.57. The molecule has 0 saturated heterocycles. The van der Waals surface area contributed by atoms with E-state index in [1.54, 1.807) is 42.5 Å². The molecule has 2 rings (SSSR count). The summed E-state index contributed by atoms with van der Waals surface area (Å²) < 4.78 is 5.09. The second-order valence-electron chi connectivity index (χ2n) is 4.49. The molecule has 124 valence electrons. The van der Waals surface area contributed by atoms with Crippen LogP contribution in [0.2, 0.25) is 10.0 Å². The molecule has 24 heavy (non-hydrogen) atoms. The van der Waals surface area contributed by atoms with Crippen LogP contribution in [0.15, 0.2) is 47.6 Å². The molecule has 0 fully saturated rings. The summed E-state index contributed by atoms with van der Waals surface area (Å²) in [6, 6.07) is 11.7. The number of hydrogen-bond donors (Lipinski definition) is 2. The highest BCUT2D eigenvalue weighted by Gasteiger charge is 2.15. The van der Waals surface area contributed by atoms with Gasteiger partial charge in [-0.1, -0.05) is 41.4 Å². The molecule has 0 radical (unpaired) electrons. The number of halogens is 2. The number of hydrazone groups is 1. The molecule has 0 aliphatic rings. The lowest BCUT2D eigenvalue weighted by Crippen LogP contribution is -2.32. The van der Waals surface area contributed by atoms with E-state index < -0.39 is 11.8 Å². The van der Waals surface area contributed by atoms with Gasteiger partial charge in [0.1, 0.15) is 5.75 Å². The third-order valence-corrected chi connectivity index (χ3v) is 3.58. The molecule has 0 heterocycles. The van der Waals surface area contributed by atoms with Gasteiger partial charge in [0.15, 0.2) is 0 Å². The van der Waals surface area contributed by atoms with Gasteiger partial charge in [-0.3, -0.25) is 9.59 Å². The van der Waals surface area contributed by atoms with Gasteiger partial charge in [0.25, 0.3) is 0 Å². The Morgan fingerprint density at radius 3 is 2.38 bits per heavy atom. The molecule has 2 aromatic rings. The third kappa shape index (κ3) is 4.47. The lowest BCUT2D eigenvalue weighted by molar-refractivity contribution is -0.136. The summed E-state index contributed by atoms with van der Waals surface area (Å²) in [6.45, 7) is 0. The van der Waals surface area contributed by atoms with E-state index in [4.69, 9.17) is 27.9 Å². The Morgan fingerprint density at radius 2 is 1.71 bits per heavy atom. The average Bonchev–Trinajstić information content (AvgIpc) is 2.57. The van der Waals surface area contributed by atoms with E-state index in [0.29, 0.717) is 27.0 Å². The molecule has 0 atom stereocenters. The van der Waals surface area contributed by atoms with Gasteiger partial charge in [0.05, 0.1) is 29.1 Å². The normalized spacial score (nSPS) is 10.5. The first kappa shape index (κ1) is 17.8. The van der Waals surface area contributed by atoms with Crippen molar-refractivity contribution in [2.24, 2.45) is 5.10 Å². The van der Waals surface area contributed by atoms with Crippen LogP contribution in [-0.4, -0.2) is 25.1 Å². The number of hydrogen-bond acceptors (Lipinski definition) is 4. The van der Waals surface area contributed by atoms with Crippen LogP contribution in [0, 0.1) is 0 Å². The summed E-state index contributed by atoms with van der Waals surface area (Å²) in [5.41, 5.74) is 2.91. The number of carbonyl (C=O) groups is 2. The Morgan fingerprint density at radius 1 is 1.04 bits per heavy atom. The zero-order valence-corrected chi connectivity index (χ0v) is 14.1. The number of para-hydroxylation sites is 2. The molecule has 0 bridgehead atoms. The van der Waals surface area contributed by atoms with Crippen LogP contribution in [0.4, 0.5) is 5.69 Å². The smallest absolute Gasteiger partial charge is 0.329 e. The lowest BCUT2D eigenvalue weighted by atomic mass is 10.2. The molecule has 0 spiro atoms. The molecule has 6 nitrogen and oxygen atoms in total. The van der Waals surface area contributed by atoms with Crippen LogP contribution in [0.1, 0.15) is 5.56 Å². The van der Waals surface area contributed by atoms with Gasteiger partial charge in [-0.05, 0) is 24.3 Å². The summed E-state index contributed by atoms with van der Waals surface area (Å²) >= 11 is 11.9. The summed E-state index contributed by atoms with van der Waals surface area (Å²) in [5.74, 6) is -1.40. The van der Waals surface area contributed by atoms with Crippen LogP contribution in [-0.2, 0) is 9.59 Å². The largest absolute Gasteiger partial charge is 0.495 e. The standard InChI is InChI=1S/C16H13Cl2N3O3/c1-24-14-8-3-2-7-13(14)20-15(22)16(23)21-19-9-10-11(17)5-4-6-12(10)18/h2-9H,1H3,(H,20,22)(H,21,23)/b19-9-. The maximum atomic E-state index is 11.9. The summed E-state index contributed by atoms with van der Waals surface area (Å²) in [4.78, 5) is 23.6. The lowest BCUT2D eigenvalue weighted by Gasteiger charge is -2.08. The zero-order valence-electron chi connectivity index (χ0n) is 12.5. The fraction of sp³-hybridized carbons (Fsp3) is 0.0625. The molecular weight excluding hydrogens is 353 g/mol. The van der Waals surface area contributed by atoms with Crippen molar-refractivity contribution in [3.63, 3.8) is 0 Å². The summed E-state index contributed by atoms with van der Waals surface area (Å²) in [7, 11) is 1.46. The van der Waals surface area contributed by atoms with Gasteiger partial charge >= 0.3 is 11.8 Å². The second-order valence-corrected chi connectivity index (χ2v) is 5.30. The minimum absolute atomic E-state index is 0.373. The van der Waals surface area contributed by atoms with Crippen molar-refractivity contribution < 1.29 is 14.3 Å². The first-order chi connectivity index (χ1) is 11.5. The van der Waals surface area contributed by atoms with Crippen molar-refractivity contribution in [2.45, 2.75) is 0 Å². The number of carbonyl (C=O) groups excluding carboxylic acids is 2. The number of anilines is 1. The fourth-order valence-corrected chi connectivity index (χ4v) is 2.26. The van der Waals surface area contributed by atoms with E-state index in [0.717, 1.165) is 0 Å². The van der Waals surface area contributed by atoms with Crippen molar-refractivity contribution in [2.75, 3.05) is 12.4 Å². The summed E-state index contributed by atoms with van der Waals surface area (Å²) in [6.07, 6.45) is 1.26. The van der Waals surface area contributed by atoms with Crippen molar-refractivity contribution >= 4 is 46.9 Å². The number of nitrogens with zero attached hydrogens (tertiary/aromatic N) is 1. The van der Waals surface area contributed by atoms with E-state index in [-0.39, 0.29) is 0 Å². The van der Waals surface area contributed by atoms with Gasteiger partial charge in [-0.2, -0.15) is 5.10 Å². The molecule has 2 N–H and O–H groups in total. The maximum Gasteiger partial charge on any atom is 0.329 e. The van der Waals surface area contributed by atoms with Gasteiger partial charge in [0, 0.05) is 5.56 Å². The Balaban J connectivity index is 1.99. The van der Waals surface area contributed by atoms with E-state index >= 15 is 0 Å². The average molecular weight is 366 g/mol. The molecule has 8 heteroatoms. The second kappa shape index (κ2) is 8.33. The predicted octanol–water partition coefficient (Wildman–Crippen LogP) is 3.09. The number of methoxy groups -OCH3 is 1. The number of nitrogens with one attached hydrogen (secondary N) is 2. The molecule has 2 amide bonds. The first-order valence-corrected chi connectivity index (χ1v) is 7.50. The molecule has 2 aromatic carbocycles. The van der Waals surface area contributed by atoms with Crippen LogP contribution in [0.5, 0.6) is 5.75 Å². The molecule has 0 unspecified atom stereocenters. The zero-order chi connectivity index (χ0) is 17.5. The van der Waals surface area contributed by atoms with Gasteiger partial charge in [-0.25, -0.2) is 5.43 Å². The molecule has 0 saturated carbocycles. The molecule has 0 aromatic heterocycles. The highest BCUT2D eigenvalue weighted by molar-refractivity contribution is 6.40. The fourth-order valence-electron chi connectivity index (χ4n) is 1.77. The Bertz CT molecular complexity index is 774. The van der Waals surface area contributed by atoms with Crippen LogP contribution < -0.4 is 15.5 Å². The van der Waals surface area contributed by atoms with Crippen LogP contribution in [0.3, 0.4) is 0 Å².